The molecular weight excluding hydrogens is 701 g/mol. The van der Waals surface area contributed by atoms with Crippen molar-refractivity contribution in [3.63, 3.8) is 0 Å². The molecule has 272 valence electrons. The van der Waals surface area contributed by atoms with Crippen LogP contribution in [0.4, 0.5) is 17.1 Å². The second-order valence-corrected chi connectivity index (χ2v) is 15.0. The van der Waals surface area contributed by atoms with Crippen molar-refractivity contribution >= 4 is 49.6 Å². The maximum Gasteiger partial charge on any atom is 0.0553 e. The third kappa shape index (κ3) is 5.91. The van der Waals surface area contributed by atoms with Gasteiger partial charge in [0.25, 0.3) is 0 Å². The van der Waals surface area contributed by atoms with Gasteiger partial charge in [-0.25, -0.2) is 0 Å². The first-order valence-corrected chi connectivity index (χ1v) is 19.9. The Kier molecular flexibility index (Phi) is 8.19. The molecule has 2 heteroatoms. The maximum atomic E-state index is 2.42. The zero-order chi connectivity index (χ0) is 38.4. The molecule has 0 spiro atoms. The molecule has 0 fully saturated rings. The highest BCUT2D eigenvalue weighted by molar-refractivity contribution is 6.25. The van der Waals surface area contributed by atoms with Gasteiger partial charge in [0.1, 0.15) is 0 Å². The zero-order valence-electron chi connectivity index (χ0n) is 31.8. The molecule has 2 nitrogen and oxygen atoms in total. The van der Waals surface area contributed by atoms with Gasteiger partial charge in [-0.15, -0.1) is 0 Å². The van der Waals surface area contributed by atoms with E-state index in [1.807, 2.05) is 0 Å². The highest BCUT2D eigenvalue weighted by atomic mass is 15.1. The van der Waals surface area contributed by atoms with Crippen LogP contribution in [0.1, 0.15) is 0 Å². The number of hydrogen-bond donors (Lipinski definition) is 0. The number of anilines is 3. The van der Waals surface area contributed by atoms with E-state index >= 15 is 0 Å². The lowest BCUT2D eigenvalue weighted by molar-refractivity contribution is 1.18. The average molecular weight is 739 g/mol. The maximum absolute atomic E-state index is 2.42. The first-order chi connectivity index (χ1) is 28.7. The van der Waals surface area contributed by atoms with E-state index in [4.69, 9.17) is 0 Å². The number of rotatable bonds is 8. The van der Waals surface area contributed by atoms with Gasteiger partial charge in [0, 0.05) is 33.5 Å². The Morgan fingerprint density at radius 1 is 0.259 bits per heavy atom. The normalized spacial score (nSPS) is 11.4. The van der Waals surface area contributed by atoms with Crippen molar-refractivity contribution in [2.24, 2.45) is 0 Å². The predicted molar refractivity (Wildman–Crippen MR) is 246 cm³/mol. The molecule has 11 rings (SSSR count). The summed E-state index contributed by atoms with van der Waals surface area (Å²) in [6, 6.07) is 83.5. The molecule has 0 unspecified atom stereocenters. The molecule has 1 aromatic heterocycles. The summed E-state index contributed by atoms with van der Waals surface area (Å²) in [6.45, 7) is 0. The first kappa shape index (κ1) is 33.6. The van der Waals surface area contributed by atoms with Gasteiger partial charge in [0.2, 0.25) is 0 Å². The van der Waals surface area contributed by atoms with Crippen molar-refractivity contribution in [3.05, 3.63) is 231 Å². The molecule has 0 amide bonds. The molecule has 0 saturated carbocycles. The topological polar surface area (TPSA) is 8.17 Å². The Morgan fingerprint density at radius 3 is 1.16 bits per heavy atom. The van der Waals surface area contributed by atoms with Gasteiger partial charge in [-0.3, -0.25) is 0 Å². The van der Waals surface area contributed by atoms with Gasteiger partial charge in [-0.05, 0) is 122 Å². The van der Waals surface area contributed by atoms with Crippen molar-refractivity contribution in [2.75, 3.05) is 4.90 Å². The Balaban J connectivity index is 0.932. The summed E-state index contributed by atoms with van der Waals surface area (Å²) in [4.78, 5) is 2.34. The Hall–Kier alpha value is -7.68. The number of hydrogen-bond acceptors (Lipinski definition) is 1. The summed E-state index contributed by atoms with van der Waals surface area (Å²) in [5.41, 5.74) is 16.6. The Morgan fingerprint density at radius 2 is 0.655 bits per heavy atom. The van der Waals surface area contributed by atoms with Gasteiger partial charge in [-0.1, -0.05) is 164 Å². The summed E-state index contributed by atoms with van der Waals surface area (Å²) in [6.07, 6.45) is 0. The quantitative estimate of drug-likeness (QED) is 0.141. The van der Waals surface area contributed by atoms with Crippen LogP contribution in [0.5, 0.6) is 0 Å². The van der Waals surface area contributed by atoms with Crippen molar-refractivity contribution in [3.8, 4) is 50.2 Å². The Bertz CT molecular complexity index is 3060. The molecule has 0 radical (unpaired) electrons. The number of nitrogens with zero attached hydrogens (tertiary/aromatic N) is 2. The molecule has 0 N–H and O–H groups in total. The molecule has 58 heavy (non-hydrogen) atoms. The molecule has 0 aliphatic rings. The second-order valence-electron chi connectivity index (χ2n) is 15.0. The molecule has 0 aliphatic carbocycles. The standard InChI is InChI=1S/C56H38N2/c1-4-11-39(12-5-1)42-25-31-50(32-26-42)57(51-33-27-43(28-34-51)40-13-6-2-7-14-40)52-35-29-44(30-36-52)41-19-21-45(22-20-41)48-37-47-24-23-46-15-10-18-53-55(46)56(47)54(38-48)58(53)49-16-8-3-9-17-49/h1-38H. The molecule has 1 heterocycles. The third-order valence-corrected chi connectivity index (χ3v) is 11.6. The monoisotopic (exact) mass is 738 g/mol. The third-order valence-electron chi connectivity index (χ3n) is 11.6. The van der Waals surface area contributed by atoms with Gasteiger partial charge in [0.15, 0.2) is 0 Å². The summed E-state index contributed by atoms with van der Waals surface area (Å²) >= 11 is 0. The van der Waals surface area contributed by atoms with Crippen LogP contribution in [-0.4, -0.2) is 4.57 Å². The first-order valence-electron chi connectivity index (χ1n) is 19.9. The summed E-state index contributed by atoms with van der Waals surface area (Å²) in [5, 5.41) is 5.19. The molecule has 0 atom stereocenters. The minimum atomic E-state index is 1.10. The molecular formula is C56H38N2. The molecule has 10 aromatic carbocycles. The lowest BCUT2D eigenvalue weighted by Gasteiger charge is -2.26. The highest BCUT2D eigenvalue weighted by Gasteiger charge is 2.18. The average Bonchev–Trinajstić information content (AvgIpc) is 3.65. The van der Waals surface area contributed by atoms with E-state index in [2.05, 4.69) is 240 Å². The number of benzene rings is 10. The van der Waals surface area contributed by atoms with Crippen LogP contribution in [0.3, 0.4) is 0 Å². The van der Waals surface area contributed by atoms with Crippen LogP contribution in [0.25, 0.3) is 82.8 Å². The Labute approximate surface area is 338 Å². The van der Waals surface area contributed by atoms with Gasteiger partial charge >= 0.3 is 0 Å². The minimum Gasteiger partial charge on any atom is -0.311 e. The van der Waals surface area contributed by atoms with E-state index in [9.17, 15) is 0 Å². The van der Waals surface area contributed by atoms with Crippen LogP contribution in [0.2, 0.25) is 0 Å². The summed E-state index contributed by atoms with van der Waals surface area (Å²) in [7, 11) is 0. The van der Waals surface area contributed by atoms with E-state index in [1.54, 1.807) is 0 Å². The van der Waals surface area contributed by atoms with E-state index in [-0.39, 0.29) is 0 Å². The predicted octanol–water partition coefficient (Wildman–Crippen LogP) is 15.5. The van der Waals surface area contributed by atoms with Crippen LogP contribution >= 0.6 is 0 Å². The van der Waals surface area contributed by atoms with Crippen molar-refractivity contribution < 1.29 is 0 Å². The lowest BCUT2D eigenvalue weighted by Crippen LogP contribution is -2.09. The van der Waals surface area contributed by atoms with Crippen molar-refractivity contribution in [1.82, 2.24) is 4.57 Å². The fraction of sp³-hybridized carbons (Fsp3) is 0. The molecule has 0 aliphatic heterocycles. The largest absolute Gasteiger partial charge is 0.311 e. The minimum absolute atomic E-state index is 1.10. The fourth-order valence-corrected chi connectivity index (χ4v) is 8.69. The lowest BCUT2D eigenvalue weighted by atomic mass is 9.96. The SMILES string of the molecule is c1ccc(-c2ccc(N(c3ccc(-c4ccccc4)cc3)c3ccc(-c4ccc(-c5cc6ccc7cccc8c7c6c(c5)n8-c5ccccc5)cc4)cc3)cc2)cc1. The van der Waals surface area contributed by atoms with E-state index < -0.39 is 0 Å². The van der Waals surface area contributed by atoms with Crippen LogP contribution in [-0.2, 0) is 0 Å². The highest BCUT2D eigenvalue weighted by Crippen LogP contribution is 2.42. The van der Waals surface area contributed by atoms with Crippen LogP contribution in [0.15, 0.2) is 231 Å². The van der Waals surface area contributed by atoms with Gasteiger partial charge in [-0.2, -0.15) is 0 Å². The summed E-state index contributed by atoms with van der Waals surface area (Å²) in [5.74, 6) is 0. The summed E-state index contributed by atoms with van der Waals surface area (Å²) < 4.78 is 2.42. The van der Waals surface area contributed by atoms with E-state index in [0.29, 0.717) is 0 Å². The second kappa shape index (κ2) is 14.1. The fourth-order valence-electron chi connectivity index (χ4n) is 8.69. The zero-order valence-corrected chi connectivity index (χ0v) is 31.8. The molecule has 11 aromatic rings. The number of para-hydroxylation sites is 1. The van der Waals surface area contributed by atoms with Crippen LogP contribution in [0, 0.1) is 0 Å². The van der Waals surface area contributed by atoms with Crippen LogP contribution < -0.4 is 4.90 Å². The van der Waals surface area contributed by atoms with Crippen molar-refractivity contribution in [1.29, 1.82) is 0 Å². The smallest absolute Gasteiger partial charge is 0.0553 e. The molecule has 0 saturated heterocycles. The molecule has 0 bridgehead atoms. The van der Waals surface area contributed by atoms with Gasteiger partial charge < -0.3 is 9.47 Å². The van der Waals surface area contributed by atoms with E-state index in [1.165, 1.54) is 82.8 Å². The number of aromatic nitrogens is 1. The van der Waals surface area contributed by atoms with E-state index in [0.717, 1.165) is 17.1 Å². The van der Waals surface area contributed by atoms with Gasteiger partial charge in [0.05, 0.1) is 11.0 Å². The van der Waals surface area contributed by atoms with Crippen molar-refractivity contribution in [2.45, 2.75) is 0 Å².